The molecular weight excluding hydrogens is 242 g/mol. The Morgan fingerprint density at radius 1 is 1.05 bits per heavy atom. The Morgan fingerprint density at radius 2 is 1.85 bits per heavy atom. The standard InChI is InChI=1S/C19H35N/c1-14-5-4-6-15(11-14)18-12-19(2,3)10-9-16(18)13-20-17-7-8-17/h14-18,20H,4-13H2,1-3H3. The maximum Gasteiger partial charge on any atom is 0.00683 e. The third-order valence-corrected chi connectivity index (χ3v) is 6.41. The van der Waals surface area contributed by atoms with E-state index in [2.05, 4.69) is 26.1 Å². The van der Waals surface area contributed by atoms with Crippen LogP contribution in [-0.4, -0.2) is 12.6 Å². The van der Waals surface area contributed by atoms with Gasteiger partial charge in [0.05, 0.1) is 0 Å². The Balaban J connectivity index is 1.63. The van der Waals surface area contributed by atoms with Crippen molar-refractivity contribution in [2.45, 2.75) is 84.6 Å². The van der Waals surface area contributed by atoms with Gasteiger partial charge in [0.15, 0.2) is 0 Å². The highest BCUT2D eigenvalue weighted by Gasteiger charge is 2.40. The van der Waals surface area contributed by atoms with Crippen molar-refractivity contribution in [3.05, 3.63) is 0 Å². The Kier molecular flexibility index (Phi) is 4.45. The molecule has 3 aliphatic carbocycles. The van der Waals surface area contributed by atoms with Gasteiger partial charge in [0.2, 0.25) is 0 Å². The summed E-state index contributed by atoms with van der Waals surface area (Å²) in [7, 11) is 0. The zero-order chi connectivity index (χ0) is 14.2. The maximum atomic E-state index is 3.83. The summed E-state index contributed by atoms with van der Waals surface area (Å²) < 4.78 is 0. The molecule has 1 nitrogen and oxygen atoms in total. The molecule has 0 aliphatic heterocycles. The van der Waals surface area contributed by atoms with Gasteiger partial charge in [0.1, 0.15) is 0 Å². The Labute approximate surface area is 126 Å². The van der Waals surface area contributed by atoms with E-state index in [1.165, 1.54) is 64.3 Å². The molecule has 3 aliphatic rings. The minimum absolute atomic E-state index is 0.599. The van der Waals surface area contributed by atoms with E-state index in [-0.39, 0.29) is 0 Å². The lowest BCUT2D eigenvalue weighted by molar-refractivity contribution is 0.0484. The van der Waals surface area contributed by atoms with Crippen molar-refractivity contribution < 1.29 is 0 Å². The highest BCUT2D eigenvalue weighted by Crippen LogP contribution is 2.48. The molecule has 116 valence electrons. The molecule has 0 spiro atoms. The first-order valence-corrected chi connectivity index (χ1v) is 9.27. The summed E-state index contributed by atoms with van der Waals surface area (Å²) in [5.41, 5.74) is 0.599. The zero-order valence-corrected chi connectivity index (χ0v) is 14.0. The van der Waals surface area contributed by atoms with Crippen molar-refractivity contribution in [3.8, 4) is 0 Å². The minimum Gasteiger partial charge on any atom is -0.314 e. The number of hydrogen-bond acceptors (Lipinski definition) is 1. The van der Waals surface area contributed by atoms with Crippen molar-refractivity contribution in [2.24, 2.45) is 29.1 Å². The third kappa shape index (κ3) is 3.78. The summed E-state index contributed by atoms with van der Waals surface area (Å²) in [6.07, 6.45) is 13.3. The lowest BCUT2D eigenvalue weighted by atomic mass is 9.60. The predicted octanol–water partition coefficient (Wildman–Crippen LogP) is 5.01. The molecular formula is C19H35N. The minimum atomic E-state index is 0.599. The Bertz CT molecular complexity index is 316. The monoisotopic (exact) mass is 277 g/mol. The van der Waals surface area contributed by atoms with Gasteiger partial charge in [0.25, 0.3) is 0 Å². The quantitative estimate of drug-likeness (QED) is 0.762. The first-order valence-electron chi connectivity index (χ1n) is 9.27. The van der Waals surface area contributed by atoms with E-state index in [9.17, 15) is 0 Å². The number of nitrogens with one attached hydrogen (secondary N) is 1. The van der Waals surface area contributed by atoms with Gasteiger partial charge in [-0.2, -0.15) is 0 Å². The second-order valence-corrected chi connectivity index (χ2v) is 9.05. The van der Waals surface area contributed by atoms with Gasteiger partial charge in [0, 0.05) is 6.04 Å². The van der Waals surface area contributed by atoms with Crippen LogP contribution in [0.25, 0.3) is 0 Å². The van der Waals surface area contributed by atoms with E-state index in [1.807, 2.05) is 0 Å². The van der Waals surface area contributed by atoms with E-state index in [1.54, 1.807) is 0 Å². The van der Waals surface area contributed by atoms with E-state index >= 15 is 0 Å². The van der Waals surface area contributed by atoms with Crippen LogP contribution in [0.1, 0.15) is 78.6 Å². The molecule has 4 unspecified atom stereocenters. The summed E-state index contributed by atoms with van der Waals surface area (Å²) in [5.74, 6) is 3.99. The van der Waals surface area contributed by atoms with Gasteiger partial charge < -0.3 is 5.32 Å². The first kappa shape index (κ1) is 14.9. The largest absolute Gasteiger partial charge is 0.314 e. The second kappa shape index (κ2) is 5.99. The number of rotatable bonds is 4. The SMILES string of the molecule is CC1CCCC(C2CC(C)(C)CCC2CNC2CC2)C1. The summed E-state index contributed by atoms with van der Waals surface area (Å²) in [5, 5.41) is 3.83. The summed E-state index contributed by atoms with van der Waals surface area (Å²) >= 11 is 0. The molecule has 4 atom stereocenters. The molecule has 3 saturated carbocycles. The molecule has 0 bridgehead atoms. The molecule has 20 heavy (non-hydrogen) atoms. The molecule has 0 radical (unpaired) electrons. The van der Waals surface area contributed by atoms with Gasteiger partial charge in [-0.3, -0.25) is 0 Å². The van der Waals surface area contributed by atoms with Crippen molar-refractivity contribution in [3.63, 3.8) is 0 Å². The smallest absolute Gasteiger partial charge is 0.00683 e. The van der Waals surface area contributed by atoms with Crippen LogP contribution in [0, 0.1) is 29.1 Å². The molecule has 0 aromatic heterocycles. The van der Waals surface area contributed by atoms with Crippen molar-refractivity contribution in [1.29, 1.82) is 0 Å². The molecule has 3 rings (SSSR count). The summed E-state index contributed by atoms with van der Waals surface area (Å²) in [4.78, 5) is 0. The highest BCUT2D eigenvalue weighted by molar-refractivity contribution is 4.92. The fourth-order valence-corrected chi connectivity index (χ4v) is 4.98. The molecule has 3 fully saturated rings. The van der Waals surface area contributed by atoms with Crippen LogP contribution in [0.2, 0.25) is 0 Å². The van der Waals surface area contributed by atoms with Crippen LogP contribution in [0.3, 0.4) is 0 Å². The third-order valence-electron chi connectivity index (χ3n) is 6.41. The van der Waals surface area contributed by atoms with Gasteiger partial charge in [-0.25, -0.2) is 0 Å². The maximum absolute atomic E-state index is 3.83. The van der Waals surface area contributed by atoms with Crippen LogP contribution in [-0.2, 0) is 0 Å². The van der Waals surface area contributed by atoms with Gasteiger partial charge in [-0.1, -0.05) is 40.0 Å². The van der Waals surface area contributed by atoms with E-state index in [4.69, 9.17) is 0 Å². The lowest BCUT2D eigenvalue weighted by Crippen LogP contribution is -2.41. The fraction of sp³-hybridized carbons (Fsp3) is 1.00. The van der Waals surface area contributed by atoms with E-state index < -0.39 is 0 Å². The average molecular weight is 277 g/mol. The van der Waals surface area contributed by atoms with Gasteiger partial charge >= 0.3 is 0 Å². The molecule has 0 heterocycles. The fourth-order valence-electron chi connectivity index (χ4n) is 4.98. The zero-order valence-electron chi connectivity index (χ0n) is 14.0. The molecule has 0 aromatic carbocycles. The van der Waals surface area contributed by atoms with E-state index in [0.29, 0.717) is 5.41 Å². The molecule has 0 amide bonds. The summed E-state index contributed by atoms with van der Waals surface area (Å²) in [6.45, 7) is 8.82. The molecule has 1 N–H and O–H groups in total. The van der Waals surface area contributed by atoms with Crippen LogP contribution in [0.15, 0.2) is 0 Å². The first-order chi connectivity index (χ1) is 9.53. The summed E-state index contributed by atoms with van der Waals surface area (Å²) in [6, 6.07) is 0.885. The van der Waals surface area contributed by atoms with Gasteiger partial charge in [-0.05, 0) is 74.2 Å². The number of hydrogen-bond donors (Lipinski definition) is 1. The van der Waals surface area contributed by atoms with Crippen molar-refractivity contribution in [1.82, 2.24) is 5.32 Å². The van der Waals surface area contributed by atoms with Crippen molar-refractivity contribution in [2.75, 3.05) is 6.54 Å². The highest BCUT2D eigenvalue weighted by atomic mass is 14.9. The Morgan fingerprint density at radius 3 is 2.55 bits per heavy atom. The van der Waals surface area contributed by atoms with Crippen LogP contribution >= 0.6 is 0 Å². The van der Waals surface area contributed by atoms with Gasteiger partial charge in [-0.15, -0.1) is 0 Å². The van der Waals surface area contributed by atoms with Crippen LogP contribution < -0.4 is 5.32 Å². The van der Waals surface area contributed by atoms with Crippen LogP contribution in [0.5, 0.6) is 0 Å². The molecule has 0 saturated heterocycles. The lowest BCUT2D eigenvalue weighted by Gasteiger charge is -2.46. The average Bonchev–Trinajstić information content (AvgIpc) is 3.21. The van der Waals surface area contributed by atoms with E-state index in [0.717, 1.165) is 29.7 Å². The Hall–Kier alpha value is -0.0400. The second-order valence-electron chi connectivity index (χ2n) is 9.05. The predicted molar refractivity (Wildman–Crippen MR) is 86.8 cm³/mol. The normalized spacial score (nSPS) is 41.5. The van der Waals surface area contributed by atoms with Crippen molar-refractivity contribution >= 4 is 0 Å². The molecule has 0 aromatic rings. The topological polar surface area (TPSA) is 12.0 Å². The molecule has 1 heteroatoms. The van der Waals surface area contributed by atoms with Crippen LogP contribution in [0.4, 0.5) is 0 Å².